The molecule has 1 amide bonds. The molecule has 18 heavy (non-hydrogen) atoms. The normalized spacial score (nSPS) is 12.3. The summed E-state index contributed by atoms with van der Waals surface area (Å²) in [4.78, 5) is 13.5. The Labute approximate surface area is 118 Å². The van der Waals surface area contributed by atoms with E-state index in [1.807, 2.05) is 6.92 Å². The van der Waals surface area contributed by atoms with E-state index < -0.39 is 6.04 Å². The van der Waals surface area contributed by atoms with Crippen molar-refractivity contribution in [2.75, 3.05) is 7.05 Å². The van der Waals surface area contributed by atoms with Crippen molar-refractivity contribution >= 4 is 29.1 Å². The van der Waals surface area contributed by atoms with Crippen molar-refractivity contribution < 1.29 is 4.79 Å². The number of benzene rings is 1. The molecule has 0 aliphatic rings. The summed E-state index contributed by atoms with van der Waals surface area (Å²) in [6.07, 6.45) is 1.59. The number of carbonyl (C=O) groups is 1. The van der Waals surface area contributed by atoms with Crippen LogP contribution in [0.3, 0.4) is 0 Å². The molecule has 0 saturated heterocycles. The molecule has 0 spiro atoms. The van der Waals surface area contributed by atoms with Gasteiger partial charge in [-0.25, -0.2) is 0 Å². The fourth-order valence-electron chi connectivity index (χ4n) is 1.77. The van der Waals surface area contributed by atoms with Crippen molar-refractivity contribution in [3.8, 4) is 0 Å². The third-order valence-electron chi connectivity index (χ3n) is 2.64. The zero-order valence-corrected chi connectivity index (χ0v) is 12.1. The third kappa shape index (κ3) is 4.48. The maximum atomic E-state index is 11.9. The Bertz CT molecular complexity index is 403. The molecular weight excluding hydrogens is 271 g/mol. The Morgan fingerprint density at radius 2 is 1.89 bits per heavy atom. The van der Waals surface area contributed by atoms with Crippen LogP contribution >= 0.6 is 23.2 Å². The van der Waals surface area contributed by atoms with Crippen LogP contribution in [0, 0.1) is 0 Å². The smallest absolute Gasteiger partial charge is 0.239 e. The highest BCUT2D eigenvalue weighted by atomic mass is 35.5. The summed E-state index contributed by atoms with van der Waals surface area (Å²) in [5, 5.41) is 1.13. The Kier molecular flexibility index (Phi) is 5.93. The van der Waals surface area contributed by atoms with Crippen molar-refractivity contribution in [3.63, 3.8) is 0 Å². The van der Waals surface area contributed by atoms with E-state index in [-0.39, 0.29) is 5.91 Å². The highest BCUT2D eigenvalue weighted by Gasteiger charge is 2.17. The minimum absolute atomic E-state index is 0.0621. The van der Waals surface area contributed by atoms with Crippen molar-refractivity contribution in [2.45, 2.75) is 32.4 Å². The van der Waals surface area contributed by atoms with E-state index in [0.717, 1.165) is 12.0 Å². The third-order valence-corrected chi connectivity index (χ3v) is 3.07. The molecule has 0 heterocycles. The average molecular weight is 289 g/mol. The number of nitrogens with zero attached hydrogens (tertiary/aromatic N) is 1. The van der Waals surface area contributed by atoms with E-state index in [1.165, 1.54) is 0 Å². The monoisotopic (exact) mass is 288 g/mol. The number of likely N-dealkylation sites (N-methyl/N-ethyl adjacent to an activating group) is 1. The average Bonchev–Trinajstić information content (AvgIpc) is 2.26. The Balaban J connectivity index is 2.69. The molecule has 1 atom stereocenters. The molecule has 1 aromatic rings. The number of amides is 1. The van der Waals surface area contributed by atoms with Crippen molar-refractivity contribution in [1.29, 1.82) is 0 Å². The molecule has 0 aromatic heterocycles. The van der Waals surface area contributed by atoms with Gasteiger partial charge >= 0.3 is 0 Å². The summed E-state index contributed by atoms with van der Waals surface area (Å²) in [7, 11) is 1.73. The van der Waals surface area contributed by atoms with Gasteiger partial charge in [0, 0.05) is 23.6 Å². The summed E-state index contributed by atoms with van der Waals surface area (Å²) in [5.41, 5.74) is 6.69. The first-order valence-electron chi connectivity index (χ1n) is 5.89. The fourth-order valence-corrected chi connectivity index (χ4v) is 2.34. The van der Waals surface area contributed by atoms with Gasteiger partial charge in [-0.2, -0.15) is 0 Å². The molecule has 0 aliphatic carbocycles. The minimum Gasteiger partial charge on any atom is -0.340 e. The highest BCUT2D eigenvalue weighted by Crippen LogP contribution is 2.20. The predicted molar refractivity (Wildman–Crippen MR) is 75.8 cm³/mol. The van der Waals surface area contributed by atoms with Gasteiger partial charge in [0.2, 0.25) is 5.91 Å². The van der Waals surface area contributed by atoms with Crippen LogP contribution in [0.1, 0.15) is 25.3 Å². The van der Waals surface area contributed by atoms with E-state index in [2.05, 4.69) is 0 Å². The summed E-state index contributed by atoms with van der Waals surface area (Å²) in [6.45, 7) is 2.46. The number of nitrogens with two attached hydrogens (primary N) is 1. The molecule has 1 rings (SSSR count). The fraction of sp³-hybridized carbons (Fsp3) is 0.462. The Morgan fingerprint density at radius 3 is 2.39 bits per heavy atom. The quantitative estimate of drug-likeness (QED) is 0.905. The number of carbonyl (C=O) groups excluding carboxylic acids is 1. The van der Waals surface area contributed by atoms with Gasteiger partial charge in [-0.1, -0.05) is 36.5 Å². The molecule has 0 bridgehead atoms. The maximum Gasteiger partial charge on any atom is 0.239 e. The largest absolute Gasteiger partial charge is 0.340 e. The summed E-state index contributed by atoms with van der Waals surface area (Å²) < 4.78 is 0. The van der Waals surface area contributed by atoms with Gasteiger partial charge < -0.3 is 10.6 Å². The summed E-state index contributed by atoms with van der Waals surface area (Å²) in [6, 6.07) is 4.82. The summed E-state index contributed by atoms with van der Waals surface area (Å²) >= 11 is 11.8. The summed E-state index contributed by atoms with van der Waals surface area (Å²) in [5.74, 6) is -0.0621. The van der Waals surface area contributed by atoms with E-state index in [0.29, 0.717) is 23.0 Å². The van der Waals surface area contributed by atoms with Crippen LogP contribution in [0.2, 0.25) is 10.0 Å². The first-order valence-corrected chi connectivity index (χ1v) is 6.65. The molecule has 2 N–H and O–H groups in total. The molecule has 0 fully saturated rings. The van der Waals surface area contributed by atoms with Gasteiger partial charge in [0.15, 0.2) is 0 Å². The SMILES string of the molecule is CCC[C@H](N)C(=O)N(C)Cc1cc(Cl)cc(Cl)c1. The molecule has 5 heteroatoms. The van der Waals surface area contributed by atoms with Gasteiger partial charge in [0.05, 0.1) is 6.04 Å². The molecular formula is C13H18Cl2N2O. The van der Waals surface area contributed by atoms with Gasteiger partial charge in [-0.05, 0) is 30.2 Å². The molecule has 0 aliphatic heterocycles. The second kappa shape index (κ2) is 6.98. The predicted octanol–water partition coefficient (Wildman–Crippen LogP) is 3.08. The first kappa shape index (κ1) is 15.3. The van der Waals surface area contributed by atoms with E-state index in [4.69, 9.17) is 28.9 Å². The van der Waals surface area contributed by atoms with E-state index >= 15 is 0 Å². The Hall–Kier alpha value is -0.770. The van der Waals surface area contributed by atoms with Crippen LogP contribution in [0.4, 0.5) is 0 Å². The number of hydrogen-bond acceptors (Lipinski definition) is 2. The number of rotatable bonds is 5. The molecule has 0 radical (unpaired) electrons. The Morgan fingerprint density at radius 1 is 1.33 bits per heavy atom. The van der Waals surface area contributed by atoms with Gasteiger partial charge in [0.1, 0.15) is 0 Å². The zero-order valence-electron chi connectivity index (χ0n) is 10.6. The number of halogens is 2. The van der Waals surface area contributed by atoms with Crippen LogP contribution in [-0.2, 0) is 11.3 Å². The molecule has 3 nitrogen and oxygen atoms in total. The lowest BCUT2D eigenvalue weighted by atomic mass is 10.1. The second-order valence-electron chi connectivity index (χ2n) is 4.37. The lowest BCUT2D eigenvalue weighted by Gasteiger charge is -2.21. The van der Waals surface area contributed by atoms with Gasteiger partial charge in [0.25, 0.3) is 0 Å². The second-order valence-corrected chi connectivity index (χ2v) is 5.24. The maximum absolute atomic E-state index is 11.9. The van der Waals surface area contributed by atoms with Crippen molar-refractivity contribution in [2.24, 2.45) is 5.73 Å². The van der Waals surface area contributed by atoms with Gasteiger partial charge in [-0.3, -0.25) is 4.79 Å². The number of hydrogen-bond donors (Lipinski definition) is 1. The lowest BCUT2D eigenvalue weighted by Crippen LogP contribution is -2.41. The lowest BCUT2D eigenvalue weighted by molar-refractivity contribution is -0.131. The topological polar surface area (TPSA) is 46.3 Å². The first-order chi connectivity index (χ1) is 8.43. The van der Waals surface area contributed by atoms with Crippen LogP contribution in [0.25, 0.3) is 0 Å². The van der Waals surface area contributed by atoms with Gasteiger partial charge in [-0.15, -0.1) is 0 Å². The van der Waals surface area contributed by atoms with E-state index in [9.17, 15) is 4.79 Å². The molecule has 0 saturated carbocycles. The molecule has 0 unspecified atom stereocenters. The minimum atomic E-state index is -0.436. The van der Waals surface area contributed by atoms with Crippen LogP contribution < -0.4 is 5.73 Å². The van der Waals surface area contributed by atoms with Crippen molar-refractivity contribution in [1.82, 2.24) is 4.90 Å². The zero-order chi connectivity index (χ0) is 13.7. The van der Waals surface area contributed by atoms with Crippen molar-refractivity contribution in [3.05, 3.63) is 33.8 Å². The van der Waals surface area contributed by atoms with E-state index in [1.54, 1.807) is 30.1 Å². The highest BCUT2D eigenvalue weighted by molar-refractivity contribution is 6.34. The standard InChI is InChI=1S/C13H18Cl2N2O/c1-3-4-12(16)13(18)17(2)8-9-5-10(14)7-11(15)6-9/h5-7,12H,3-4,8,16H2,1-2H3/t12-/m0/s1. The van der Waals surface area contributed by atoms with Crippen LogP contribution in [0.5, 0.6) is 0 Å². The molecule has 100 valence electrons. The van der Waals surface area contributed by atoms with Crippen LogP contribution in [0.15, 0.2) is 18.2 Å². The molecule has 1 aromatic carbocycles. The van der Waals surface area contributed by atoms with Crippen LogP contribution in [-0.4, -0.2) is 23.9 Å².